The van der Waals surface area contributed by atoms with Crippen LogP contribution in [0.4, 0.5) is 14.8 Å². The molecule has 0 amide bonds. The van der Waals surface area contributed by atoms with Gasteiger partial charge in [0, 0.05) is 37.1 Å². The van der Waals surface area contributed by atoms with Gasteiger partial charge in [0.25, 0.3) is 0 Å². The Morgan fingerprint density at radius 2 is 1.79 bits per heavy atom. The van der Waals surface area contributed by atoms with Crippen LogP contribution in [0.1, 0.15) is 43.6 Å². The zero-order valence-corrected chi connectivity index (χ0v) is 18.6. The van der Waals surface area contributed by atoms with Gasteiger partial charge in [-0.2, -0.15) is 0 Å². The third kappa shape index (κ3) is 5.28. The van der Waals surface area contributed by atoms with Crippen molar-refractivity contribution in [3.05, 3.63) is 35.7 Å². The van der Waals surface area contributed by atoms with E-state index in [2.05, 4.69) is 15.1 Å². The summed E-state index contributed by atoms with van der Waals surface area (Å²) in [5.41, 5.74) is 0.651. The van der Waals surface area contributed by atoms with Gasteiger partial charge in [-0.25, -0.2) is 8.78 Å². The van der Waals surface area contributed by atoms with Crippen molar-refractivity contribution in [2.24, 2.45) is 0 Å². The second-order valence-electron chi connectivity index (χ2n) is 8.97. The Labute approximate surface area is 191 Å². The molecule has 3 fully saturated rings. The van der Waals surface area contributed by atoms with Gasteiger partial charge in [0.2, 0.25) is 6.39 Å². The fourth-order valence-electron chi connectivity index (χ4n) is 5.04. The first-order valence-corrected chi connectivity index (χ1v) is 11.7. The summed E-state index contributed by atoms with van der Waals surface area (Å²) in [6, 6.07) is 3.13. The van der Waals surface area contributed by atoms with Crippen molar-refractivity contribution in [1.29, 1.82) is 0 Å². The Hall–Kier alpha value is -2.30. The number of halogens is 2. The summed E-state index contributed by atoms with van der Waals surface area (Å²) < 4.78 is 51.5. The number of piperidine rings is 1. The molecule has 180 valence electrons. The lowest BCUT2D eigenvalue weighted by atomic mass is 9.87. The average molecular weight is 465 g/mol. The molecular formula is C23H30F2N4O4. The minimum atomic E-state index is -0.614. The van der Waals surface area contributed by atoms with E-state index in [9.17, 15) is 8.78 Å². The zero-order chi connectivity index (χ0) is 22.6. The van der Waals surface area contributed by atoms with Gasteiger partial charge in [-0.3, -0.25) is 4.90 Å². The molecule has 3 aliphatic heterocycles. The maximum absolute atomic E-state index is 14.7. The molecule has 0 aliphatic carbocycles. The van der Waals surface area contributed by atoms with E-state index in [-0.39, 0.29) is 23.8 Å². The van der Waals surface area contributed by atoms with Crippen LogP contribution in [0.5, 0.6) is 5.75 Å². The average Bonchev–Trinajstić information content (AvgIpc) is 3.26. The molecule has 10 heteroatoms. The van der Waals surface area contributed by atoms with E-state index >= 15 is 0 Å². The largest absolute Gasteiger partial charge is 0.487 e. The van der Waals surface area contributed by atoms with Crippen LogP contribution in [-0.4, -0.2) is 73.4 Å². The quantitative estimate of drug-likeness (QED) is 0.667. The monoisotopic (exact) mass is 464 g/mol. The summed E-state index contributed by atoms with van der Waals surface area (Å²) in [6.07, 6.45) is 5.21. The number of hydrogen-bond acceptors (Lipinski definition) is 8. The smallest absolute Gasteiger partial charge is 0.319 e. The normalized spacial score (nSPS) is 24.1. The lowest BCUT2D eigenvalue weighted by molar-refractivity contribution is 0.0229. The first-order chi connectivity index (χ1) is 16.2. The van der Waals surface area contributed by atoms with Crippen LogP contribution in [0.25, 0.3) is 0 Å². The van der Waals surface area contributed by atoms with Gasteiger partial charge in [0.15, 0.2) is 11.6 Å². The van der Waals surface area contributed by atoms with E-state index < -0.39 is 11.6 Å². The third-order valence-electron chi connectivity index (χ3n) is 6.88. The van der Waals surface area contributed by atoms with E-state index in [4.69, 9.17) is 18.6 Å². The highest BCUT2D eigenvalue weighted by molar-refractivity contribution is 5.39. The molecule has 4 heterocycles. The first kappa shape index (κ1) is 22.5. The molecular weight excluding hydrogens is 434 g/mol. The molecule has 1 aromatic carbocycles. The molecule has 0 spiro atoms. The van der Waals surface area contributed by atoms with Gasteiger partial charge >= 0.3 is 6.01 Å². The van der Waals surface area contributed by atoms with E-state index in [1.54, 1.807) is 0 Å². The Morgan fingerprint density at radius 1 is 0.970 bits per heavy atom. The minimum Gasteiger partial charge on any atom is -0.487 e. The van der Waals surface area contributed by atoms with E-state index in [1.807, 2.05) is 4.90 Å². The zero-order valence-electron chi connectivity index (χ0n) is 18.6. The van der Waals surface area contributed by atoms with E-state index in [0.717, 1.165) is 57.8 Å². The standard InChI is InChI=1S/C23H30F2N4O4/c24-17-11-20(22(21(25)12-17)33-19-4-9-30-10-5-19)16-1-6-28(7-2-16)18-3-8-29(15-31-13-18)23-27-26-14-32-23/h11-12,14,16,18-19H,1-10,13,15H2/t18-/m0/s1. The minimum absolute atomic E-state index is 0.0582. The number of hydrogen-bond donors (Lipinski definition) is 0. The van der Waals surface area contributed by atoms with Gasteiger partial charge in [-0.05, 0) is 44.3 Å². The molecule has 2 aromatic rings. The SMILES string of the molecule is Fc1cc(F)c(OC2CCOCC2)c(C2CCN([C@H]3CCN(c4nnco4)COC3)CC2)c1. The second-order valence-corrected chi connectivity index (χ2v) is 8.97. The van der Waals surface area contributed by atoms with Gasteiger partial charge in [0.05, 0.1) is 19.8 Å². The maximum atomic E-state index is 14.7. The highest BCUT2D eigenvalue weighted by atomic mass is 19.1. The van der Waals surface area contributed by atoms with Gasteiger partial charge in [-0.1, -0.05) is 5.10 Å². The Balaban J connectivity index is 1.22. The summed E-state index contributed by atoms with van der Waals surface area (Å²) >= 11 is 0. The topological polar surface area (TPSA) is 73.1 Å². The molecule has 8 nitrogen and oxygen atoms in total. The summed E-state index contributed by atoms with van der Waals surface area (Å²) in [7, 11) is 0. The fourth-order valence-corrected chi connectivity index (χ4v) is 5.04. The molecule has 0 radical (unpaired) electrons. The summed E-state index contributed by atoms with van der Waals surface area (Å²) in [6.45, 7) is 4.71. The molecule has 5 rings (SSSR count). The molecule has 3 aliphatic rings. The van der Waals surface area contributed by atoms with E-state index in [0.29, 0.717) is 38.1 Å². The van der Waals surface area contributed by atoms with Crippen molar-refractivity contribution in [1.82, 2.24) is 15.1 Å². The van der Waals surface area contributed by atoms with Crippen molar-refractivity contribution in [3.63, 3.8) is 0 Å². The summed E-state index contributed by atoms with van der Waals surface area (Å²) in [5.74, 6) is -0.891. The number of ether oxygens (including phenoxy) is 3. The number of rotatable bonds is 5. The van der Waals surface area contributed by atoms with Crippen LogP contribution >= 0.6 is 0 Å². The van der Waals surface area contributed by atoms with Crippen molar-refractivity contribution in [3.8, 4) is 5.75 Å². The number of likely N-dealkylation sites (tertiary alicyclic amines) is 1. The lowest BCUT2D eigenvalue weighted by Crippen LogP contribution is -2.43. The van der Waals surface area contributed by atoms with Crippen molar-refractivity contribution in [2.75, 3.05) is 51.1 Å². The molecule has 0 unspecified atom stereocenters. The number of benzene rings is 1. The van der Waals surface area contributed by atoms with Crippen LogP contribution in [0.3, 0.4) is 0 Å². The first-order valence-electron chi connectivity index (χ1n) is 11.7. The number of nitrogens with zero attached hydrogens (tertiary/aromatic N) is 4. The van der Waals surface area contributed by atoms with Crippen LogP contribution in [-0.2, 0) is 9.47 Å². The predicted octanol–water partition coefficient (Wildman–Crippen LogP) is 3.34. The summed E-state index contributed by atoms with van der Waals surface area (Å²) in [4.78, 5) is 4.36. The fraction of sp³-hybridized carbons (Fsp3) is 0.652. The Kier molecular flexibility index (Phi) is 7.03. The maximum Gasteiger partial charge on any atom is 0.319 e. The van der Waals surface area contributed by atoms with Crippen LogP contribution in [0.2, 0.25) is 0 Å². The molecule has 1 aromatic heterocycles. The number of anilines is 1. The molecule has 0 saturated carbocycles. The predicted molar refractivity (Wildman–Crippen MR) is 115 cm³/mol. The Morgan fingerprint density at radius 3 is 2.55 bits per heavy atom. The Bertz CT molecular complexity index is 902. The van der Waals surface area contributed by atoms with Gasteiger partial charge in [-0.15, -0.1) is 5.10 Å². The van der Waals surface area contributed by atoms with Gasteiger partial charge in [0.1, 0.15) is 18.7 Å². The highest BCUT2D eigenvalue weighted by Gasteiger charge is 2.31. The molecule has 0 bridgehead atoms. The van der Waals surface area contributed by atoms with Crippen molar-refractivity contribution < 1.29 is 27.4 Å². The van der Waals surface area contributed by atoms with Crippen molar-refractivity contribution in [2.45, 2.75) is 50.2 Å². The van der Waals surface area contributed by atoms with Crippen LogP contribution in [0.15, 0.2) is 22.9 Å². The highest BCUT2D eigenvalue weighted by Crippen LogP contribution is 2.38. The molecule has 0 N–H and O–H groups in total. The van der Waals surface area contributed by atoms with Crippen LogP contribution < -0.4 is 9.64 Å². The summed E-state index contributed by atoms with van der Waals surface area (Å²) in [5, 5.41) is 7.70. The van der Waals surface area contributed by atoms with E-state index in [1.165, 1.54) is 12.5 Å². The van der Waals surface area contributed by atoms with Crippen LogP contribution in [0, 0.1) is 11.6 Å². The molecule has 3 saturated heterocycles. The molecule has 1 atom stereocenters. The van der Waals surface area contributed by atoms with Gasteiger partial charge < -0.3 is 23.5 Å². The lowest BCUT2D eigenvalue weighted by Gasteiger charge is -2.37. The second kappa shape index (κ2) is 10.3. The third-order valence-corrected chi connectivity index (χ3v) is 6.88. The number of aromatic nitrogens is 2. The van der Waals surface area contributed by atoms with Crippen molar-refractivity contribution >= 4 is 6.01 Å². The molecule has 33 heavy (non-hydrogen) atoms.